The Morgan fingerprint density at radius 1 is 0.921 bits per heavy atom. The van der Waals surface area contributed by atoms with Crippen LogP contribution < -0.4 is 5.73 Å². The van der Waals surface area contributed by atoms with Crippen molar-refractivity contribution in [1.82, 2.24) is 19.9 Å². The maximum absolute atomic E-state index is 14.9. The minimum atomic E-state index is -4.85. The van der Waals surface area contributed by atoms with Crippen LogP contribution in [0.25, 0.3) is 44.9 Å². The Balaban J connectivity index is 1.84. The number of hydrogen-bond acceptors (Lipinski definition) is 5. The number of anilines is 1. The normalized spacial score (nSPS) is 12.5. The molecular weight excluding hydrogens is 522 g/mol. The number of halogens is 4. The molecule has 0 aliphatic carbocycles. The molecule has 0 saturated heterocycles. The first kappa shape index (κ1) is 25.5. The van der Waals surface area contributed by atoms with Gasteiger partial charge in [-0.15, -0.1) is 0 Å². The molecule has 0 amide bonds. The smallest absolute Gasteiger partial charge is 0.369 e. The van der Waals surface area contributed by atoms with Crippen molar-refractivity contribution in [2.75, 3.05) is 5.73 Å². The summed E-state index contributed by atoms with van der Waals surface area (Å²) in [6.07, 6.45) is -4.85. The fraction of sp³-hybridized carbons (Fsp3) is 0.154. The van der Waals surface area contributed by atoms with Gasteiger partial charge in [-0.2, -0.15) is 13.2 Å². The first-order valence-electron chi connectivity index (χ1n) is 11.4. The monoisotopic (exact) mass is 543 g/mol. The lowest BCUT2D eigenvalue weighted by atomic mass is 10.0. The highest BCUT2D eigenvalue weighted by Crippen LogP contribution is 2.41. The zero-order valence-electron chi connectivity index (χ0n) is 20.1. The van der Waals surface area contributed by atoms with Gasteiger partial charge in [0.15, 0.2) is 15.8 Å². The molecule has 0 aliphatic rings. The summed E-state index contributed by atoms with van der Waals surface area (Å²) in [5, 5.41) is -0.796. The third-order valence-corrected chi connectivity index (χ3v) is 8.26. The minimum Gasteiger partial charge on any atom is -0.369 e. The Morgan fingerprint density at radius 3 is 2.29 bits per heavy atom. The van der Waals surface area contributed by atoms with Crippen LogP contribution in [0.15, 0.2) is 65.6 Å². The maximum atomic E-state index is 14.9. The quantitative estimate of drug-likeness (QED) is 0.228. The van der Waals surface area contributed by atoms with Crippen molar-refractivity contribution >= 4 is 26.8 Å². The number of nitrogens with zero attached hydrogens (tertiary/aromatic N) is 2. The van der Waals surface area contributed by atoms with Gasteiger partial charge in [0.05, 0.1) is 38.2 Å². The van der Waals surface area contributed by atoms with Crippen molar-refractivity contribution in [1.29, 1.82) is 0 Å². The van der Waals surface area contributed by atoms with Crippen LogP contribution in [0, 0.1) is 5.82 Å². The average Bonchev–Trinajstić information content (AvgIpc) is 3.46. The molecule has 0 saturated carbocycles. The topological polar surface area (TPSA) is 118 Å². The first-order chi connectivity index (χ1) is 17.9. The molecule has 2 heterocycles. The molecule has 0 radical (unpaired) electrons. The van der Waals surface area contributed by atoms with E-state index in [1.807, 2.05) is 0 Å². The second-order valence-electron chi connectivity index (χ2n) is 8.92. The fourth-order valence-corrected chi connectivity index (χ4v) is 5.45. The molecule has 5 rings (SSSR count). The van der Waals surface area contributed by atoms with Gasteiger partial charge in [-0.05, 0) is 38.1 Å². The lowest BCUT2D eigenvalue weighted by Crippen LogP contribution is -2.14. The van der Waals surface area contributed by atoms with Crippen molar-refractivity contribution < 1.29 is 26.0 Å². The summed E-state index contributed by atoms with van der Waals surface area (Å²) >= 11 is 0. The van der Waals surface area contributed by atoms with Gasteiger partial charge in [-0.3, -0.25) is 0 Å². The van der Waals surface area contributed by atoms with Gasteiger partial charge in [-0.25, -0.2) is 22.8 Å². The standard InChI is InChI=1S/C26H21F4N5O2S/c1-13(2)38(36,37)19-12-15(11-18-23(19)35-25(31)32-18)22-21(14-7-4-3-5-8-14)33-24(34-22)20-16(26(28,29)30)9-6-10-17(20)27/h3-13H,1-2H3,(H,33,34)(H3,31,32,35). The summed E-state index contributed by atoms with van der Waals surface area (Å²) in [4.78, 5) is 14.1. The van der Waals surface area contributed by atoms with Gasteiger partial charge in [0.1, 0.15) is 17.2 Å². The van der Waals surface area contributed by atoms with Crippen molar-refractivity contribution in [3.8, 4) is 33.9 Å². The number of benzene rings is 3. The Morgan fingerprint density at radius 2 is 1.63 bits per heavy atom. The molecule has 4 N–H and O–H groups in total. The summed E-state index contributed by atoms with van der Waals surface area (Å²) in [7, 11) is -3.86. The van der Waals surface area contributed by atoms with E-state index >= 15 is 0 Å². The number of aromatic amines is 2. The number of aromatic nitrogens is 4. The number of imidazole rings is 2. The summed E-state index contributed by atoms with van der Waals surface area (Å²) in [6, 6.07) is 14.2. The van der Waals surface area contributed by atoms with E-state index in [0.717, 1.165) is 18.2 Å². The van der Waals surface area contributed by atoms with Crippen LogP contribution in [0.3, 0.4) is 0 Å². The Labute approximate surface area is 214 Å². The van der Waals surface area contributed by atoms with Gasteiger partial charge in [-0.1, -0.05) is 36.4 Å². The van der Waals surface area contributed by atoms with E-state index in [0.29, 0.717) is 11.1 Å². The molecule has 0 spiro atoms. The van der Waals surface area contributed by atoms with Crippen LogP contribution in [-0.4, -0.2) is 33.6 Å². The lowest BCUT2D eigenvalue weighted by molar-refractivity contribution is -0.137. The predicted molar refractivity (Wildman–Crippen MR) is 136 cm³/mol. The summed E-state index contributed by atoms with van der Waals surface area (Å²) < 4.78 is 82.7. The second kappa shape index (κ2) is 8.98. The molecule has 0 unspecified atom stereocenters. The highest BCUT2D eigenvalue weighted by molar-refractivity contribution is 7.92. The van der Waals surface area contributed by atoms with E-state index in [1.165, 1.54) is 19.9 Å². The molecule has 196 valence electrons. The van der Waals surface area contributed by atoms with Crippen LogP contribution in [0.4, 0.5) is 23.5 Å². The number of nitrogens with one attached hydrogen (secondary N) is 2. The highest BCUT2D eigenvalue weighted by Gasteiger charge is 2.36. The second-order valence-corrected chi connectivity index (χ2v) is 11.4. The molecule has 38 heavy (non-hydrogen) atoms. The van der Waals surface area contributed by atoms with E-state index < -0.39 is 38.2 Å². The number of H-pyrrole nitrogens is 2. The predicted octanol–water partition coefficient (Wildman–Crippen LogP) is 6.21. The molecule has 5 aromatic rings. The Bertz CT molecular complexity index is 1780. The van der Waals surface area contributed by atoms with E-state index in [1.54, 1.807) is 36.4 Å². The van der Waals surface area contributed by atoms with Crippen molar-refractivity contribution in [3.63, 3.8) is 0 Å². The van der Waals surface area contributed by atoms with E-state index in [9.17, 15) is 26.0 Å². The number of nitrogen functional groups attached to an aromatic ring is 1. The molecule has 2 aromatic heterocycles. The molecule has 7 nitrogen and oxygen atoms in total. The van der Waals surface area contributed by atoms with Crippen LogP contribution in [0.2, 0.25) is 0 Å². The molecule has 0 aliphatic heterocycles. The minimum absolute atomic E-state index is 0.00969. The largest absolute Gasteiger partial charge is 0.417 e. The zero-order chi connectivity index (χ0) is 27.4. The highest BCUT2D eigenvalue weighted by atomic mass is 32.2. The van der Waals surface area contributed by atoms with Crippen LogP contribution in [0.1, 0.15) is 19.4 Å². The summed E-state index contributed by atoms with van der Waals surface area (Å²) in [6.45, 7) is 3.03. The van der Waals surface area contributed by atoms with Crippen molar-refractivity contribution in [3.05, 3.63) is 72.0 Å². The van der Waals surface area contributed by atoms with E-state index in [-0.39, 0.29) is 39.1 Å². The number of rotatable bonds is 5. The van der Waals surface area contributed by atoms with Gasteiger partial charge >= 0.3 is 6.18 Å². The molecular formula is C26H21F4N5O2S. The third-order valence-electron chi connectivity index (χ3n) is 6.09. The fourth-order valence-electron chi connectivity index (χ4n) is 4.23. The van der Waals surface area contributed by atoms with Gasteiger partial charge in [0, 0.05) is 11.1 Å². The number of hydrogen-bond donors (Lipinski definition) is 3. The average molecular weight is 544 g/mol. The number of sulfone groups is 1. The van der Waals surface area contributed by atoms with E-state index in [2.05, 4.69) is 19.9 Å². The molecule has 3 aromatic carbocycles. The van der Waals surface area contributed by atoms with Crippen LogP contribution in [-0.2, 0) is 16.0 Å². The summed E-state index contributed by atoms with van der Waals surface area (Å²) in [5.74, 6) is -1.48. The molecule has 12 heteroatoms. The lowest BCUT2D eigenvalue weighted by Gasteiger charge is -2.11. The SMILES string of the molecule is CC(C)S(=O)(=O)c1cc(-c2nc(-c3c(F)cccc3C(F)(F)F)[nH]c2-c2ccccc2)cc2[nH]c(N)nc12. The van der Waals surface area contributed by atoms with Crippen LogP contribution >= 0.6 is 0 Å². The number of nitrogens with two attached hydrogens (primary N) is 1. The van der Waals surface area contributed by atoms with Crippen molar-refractivity contribution in [2.24, 2.45) is 0 Å². The van der Waals surface area contributed by atoms with Gasteiger partial charge in [0.2, 0.25) is 0 Å². The van der Waals surface area contributed by atoms with Crippen LogP contribution in [0.5, 0.6) is 0 Å². The number of alkyl halides is 3. The van der Waals surface area contributed by atoms with Gasteiger partial charge in [0.25, 0.3) is 0 Å². The Hall–Kier alpha value is -4.19. The zero-order valence-corrected chi connectivity index (χ0v) is 20.9. The summed E-state index contributed by atoms with van der Waals surface area (Å²) in [5.41, 5.74) is 5.49. The number of fused-ring (bicyclic) bond motifs is 1. The molecule has 0 bridgehead atoms. The third kappa shape index (κ3) is 4.30. The van der Waals surface area contributed by atoms with Gasteiger partial charge < -0.3 is 15.7 Å². The first-order valence-corrected chi connectivity index (χ1v) is 13.0. The molecule has 0 atom stereocenters. The maximum Gasteiger partial charge on any atom is 0.417 e. The Kier molecular flexibility index (Phi) is 6.02. The van der Waals surface area contributed by atoms with Crippen molar-refractivity contribution in [2.45, 2.75) is 30.2 Å². The van der Waals surface area contributed by atoms with E-state index in [4.69, 9.17) is 5.73 Å². The molecule has 0 fully saturated rings.